The second kappa shape index (κ2) is 12.6. The van der Waals surface area contributed by atoms with Gasteiger partial charge >= 0.3 is 0 Å². The van der Waals surface area contributed by atoms with E-state index in [2.05, 4.69) is 139 Å². The molecule has 2 fully saturated rings. The zero-order valence-electron chi connectivity index (χ0n) is 25.2. The highest BCUT2D eigenvalue weighted by atomic mass is 15.1. The van der Waals surface area contributed by atoms with E-state index in [1.807, 2.05) is 0 Å². The highest BCUT2D eigenvalue weighted by Crippen LogP contribution is 2.39. The van der Waals surface area contributed by atoms with Gasteiger partial charge in [0.2, 0.25) is 0 Å². The maximum atomic E-state index is 3.47. The Morgan fingerprint density at radius 1 is 0.442 bits per heavy atom. The molecule has 0 amide bonds. The minimum Gasteiger partial charge on any atom is -0.316 e. The molecule has 2 aliphatic heterocycles. The van der Waals surface area contributed by atoms with Crippen LogP contribution in [-0.2, 0) is 0 Å². The first kappa shape index (κ1) is 27.6. The maximum absolute atomic E-state index is 3.47. The SMILES string of the molecule is C1=Cc2ccccc2C(=C2CCNCC2)c2ccccc21.CN1CCC(=C2c3ccccc3C=Cc3ccccc32)CC1. The Kier molecular flexibility index (Phi) is 8.05. The van der Waals surface area contributed by atoms with Crippen LogP contribution in [0, 0.1) is 0 Å². The molecular weight excluding hydrogens is 520 g/mol. The molecule has 2 saturated heterocycles. The van der Waals surface area contributed by atoms with E-state index in [0.717, 1.165) is 39.0 Å². The monoisotopic (exact) mass is 560 g/mol. The number of fused-ring (bicyclic) bond motifs is 4. The van der Waals surface area contributed by atoms with E-state index in [0.29, 0.717) is 0 Å². The molecule has 4 aromatic carbocycles. The Morgan fingerprint density at radius 3 is 1.14 bits per heavy atom. The van der Waals surface area contributed by atoms with E-state index < -0.39 is 0 Å². The molecule has 43 heavy (non-hydrogen) atoms. The first-order chi connectivity index (χ1) is 21.3. The van der Waals surface area contributed by atoms with Crippen LogP contribution in [0.5, 0.6) is 0 Å². The molecule has 0 atom stereocenters. The summed E-state index contributed by atoms with van der Waals surface area (Å²) >= 11 is 0. The van der Waals surface area contributed by atoms with Crippen molar-refractivity contribution in [2.24, 2.45) is 0 Å². The average molecular weight is 561 g/mol. The number of nitrogens with zero attached hydrogens (tertiary/aromatic N) is 1. The fourth-order valence-corrected chi connectivity index (χ4v) is 7.01. The van der Waals surface area contributed by atoms with Gasteiger partial charge in [0.15, 0.2) is 0 Å². The molecule has 2 aliphatic carbocycles. The van der Waals surface area contributed by atoms with Gasteiger partial charge in [-0.15, -0.1) is 0 Å². The Bertz CT molecular complexity index is 1640. The van der Waals surface area contributed by atoms with E-state index in [4.69, 9.17) is 0 Å². The molecule has 0 bridgehead atoms. The smallest absolute Gasteiger partial charge is 0.00160 e. The Balaban J connectivity index is 0.000000140. The van der Waals surface area contributed by atoms with E-state index in [1.165, 1.54) is 68.5 Å². The van der Waals surface area contributed by atoms with Gasteiger partial charge in [0.1, 0.15) is 0 Å². The lowest BCUT2D eigenvalue weighted by Crippen LogP contribution is -2.27. The molecule has 0 saturated carbocycles. The lowest BCUT2D eigenvalue weighted by atomic mass is 9.86. The summed E-state index contributed by atoms with van der Waals surface area (Å²) in [4.78, 5) is 2.43. The molecule has 8 rings (SSSR count). The number of hydrogen-bond donors (Lipinski definition) is 1. The number of benzene rings is 4. The zero-order valence-corrected chi connectivity index (χ0v) is 25.2. The van der Waals surface area contributed by atoms with Crippen LogP contribution in [0.25, 0.3) is 35.5 Å². The minimum absolute atomic E-state index is 1.09. The highest BCUT2D eigenvalue weighted by molar-refractivity contribution is 5.96. The summed E-state index contributed by atoms with van der Waals surface area (Å²) in [7, 11) is 2.22. The van der Waals surface area contributed by atoms with Gasteiger partial charge in [0, 0.05) is 13.1 Å². The number of nitrogens with one attached hydrogen (secondary N) is 1. The summed E-state index contributed by atoms with van der Waals surface area (Å²) in [6, 6.07) is 35.2. The quantitative estimate of drug-likeness (QED) is 0.199. The molecule has 214 valence electrons. The molecule has 0 spiro atoms. The fourth-order valence-electron chi connectivity index (χ4n) is 7.01. The summed E-state index contributed by atoms with van der Waals surface area (Å²) in [6.07, 6.45) is 13.7. The van der Waals surface area contributed by atoms with E-state index in [-0.39, 0.29) is 0 Å². The molecule has 2 heterocycles. The lowest BCUT2D eigenvalue weighted by molar-refractivity contribution is 0.313. The second-order valence-corrected chi connectivity index (χ2v) is 12.0. The van der Waals surface area contributed by atoms with Gasteiger partial charge in [-0.1, -0.05) is 133 Å². The number of hydrogen-bond acceptors (Lipinski definition) is 2. The summed E-state index contributed by atoms with van der Waals surface area (Å²) < 4.78 is 0. The van der Waals surface area contributed by atoms with Gasteiger partial charge < -0.3 is 10.2 Å². The number of piperidine rings is 2. The van der Waals surface area contributed by atoms with Gasteiger partial charge in [0.25, 0.3) is 0 Å². The normalized spacial score (nSPS) is 17.5. The molecule has 0 aromatic heterocycles. The van der Waals surface area contributed by atoms with Crippen molar-refractivity contribution in [2.75, 3.05) is 33.2 Å². The van der Waals surface area contributed by atoms with Crippen molar-refractivity contribution in [3.05, 3.63) is 153 Å². The van der Waals surface area contributed by atoms with Gasteiger partial charge in [-0.05, 0) is 101 Å². The lowest BCUT2D eigenvalue weighted by Gasteiger charge is -2.27. The molecule has 0 radical (unpaired) electrons. The van der Waals surface area contributed by atoms with Crippen LogP contribution in [0.3, 0.4) is 0 Å². The van der Waals surface area contributed by atoms with Crippen molar-refractivity contribution in [1.29, 1.82) is 0 Å². The van der Waals surface area contributed by atoms with Gasteiger partial charge in [-0.2, -0.15) is 0 Å². The Hall–Kier alpha value is -4.24. The summed E-state index contributed by atoms with van der Waals surface area (Å²) in [5, 5.41) is 3.47. The van der Waals surface area contributed by atoms with Crippen molar-refractivity contribution >= 4 is 35.5 Å². The molecule has 2 nitrogen and oxygen atoms in total. The molecule has 2 heteroatoms. The van der Waals surface area contributed by atoms with Crippen LogP contribution in [0.1, 0.15) is 70.2 Å². The summed E-state index contributed by atoms with van der Waals surface area (Å²) in [5.41, 5.74) is 17.0. The number of rotatable bonds is 0. The van der Waals surface area contributed by atoms with Crippen LogP contribution >= 0.6 is 0 Å². The van der Waals surface area contributed by atoms with Crippen molar-refractivity contribution in [2.45, 2.75) is 25.7 Å². The first-order valence-corrected chi connectivity index (χ1v) is 15.8. The Morgan fingerprint density at radius 2 is 0.767 bits per heavy atom. The van der Waals surface area contributed by atoms with Gasteiger partial charge in [-0.25, -0.2) is 0 Å². The second-order valence-electron chi connectivity index (χ2n) is 12.0. The topological polar surface area (TPSA) is 15.3 Å². The van der Waals surface area contributed by atoms with Crippen molar-refractivity contribution in [1.82, 2.24) is 10.2 Å². The molecule has 4 aromatic rings. The highest BCUT2D eigenvalue weighted by Gasteiger charge is 2.22. The predicted molar refractivity (Wildman–Crippen MR) is 185 cm³/mol. The Labute approximate surface area is 256 Å². The summed E-state index contributed by atoms with van der Waals surface area (Å²) in [6.45, 7) is 4.51. The van der Waals surface area contributed by atoms with Crippen LogP contribution in [0.15, 0.2) is 108 Å². The van der Waals surface area contributed by atoms with Crippen LogP contribution < -0.4 is 5.32 Å². The van der Waals surface area contributed by atoms with Gasteiger partial charge in [0.05, 0.1) is 0 Å². The van der Waals surface area contributed by atoms with Crippen LogP contribution in [0.2, 0.25) is 0 Å². The molecular formula is C41H40N2. The van der Waals surface area contributed by atoms with Crippen molar-refractivity contribution in [3.63, 3.8) is 0 Å². The maximum Gasteiger partial charge on any atom is 0.00160 e. The standard InChI is InChI=1S/C21H21N.C20H19N/c1-22-14-12-18(13-15-22)21-19-8-4-2-6-16(19)10-11-17-7-3-5-9-20(17)21;1-3-7-18-15(5-1)9-10-16-6-2-4-8-19(16)20(18)17-11-13-21-14-12-17/h2-11H,12-15H2,1H3;1-10,21H,11-14H2. The van der Waals surface area contributed by atoms with Gasteiger partial charge in [-0.3, -0.25) is 0 Å². The molecule has 0 unspecified atom stereocenters. The largest absolute Gasteiger partial charge is 0.316 e. The molecule has 4 aliphatic rings. The minimum atomic E-state index is 1.09. The van der Waals surface area contributed by atoms with Crippen molar-refractivity contribution in [3.8, 4) is 0 Å². The van der Waals surface area contributed by atoms with E-state index in [1.54, 1.807) is 11.1 Å². The summed E-state index contributed by atoms with van der Waals surface area (Å²) in [5.74, 6) is 0. The average Bonchev–Trinajstić information content (AvgIpc) is 3.34. The third-order valence-electron chi connectivity index (χ3n) is 9.31. The van der Waals surface area contributed by atoms with Crippen molar-refractivity contribution < 1.29 is 0 Å². The third-order valence-corrected chi connectivity index (χ3v) is 9.31. The third kappa shape index (κ3) is 5.73. The predicted octanol–water partition coefficient (Wildman–Crippen LogP) is 9.05. The zero-order chi connectivity index (χ0) is 29.0. The molecule has 1 N–H and O–H groups in total. The van der Waals surface area contributed by atoms with E-state index in [9.17, 15) is 0 Å². The fraction of sp³-hybridized carbons (Fsp3) is 0.220. The first-order valence-electron chi connectivity index (χ1n) is 15.8. The number of likely N-dealkylation sites (tertiary alicyclic amines) is 1. The van der Waals surface area contributed by atoms with Crippen LogP contribution in [-0.4, -0.2) is 38.1 Å². The van der Waals surface area contributed by atoms with Crippen LogP contribution in [0.4, 0.5) is 0 Å². The van der Waals surface area contributed by atoms with E-state index >= 15 is 0 Å².